The second-order valence-electron chi connectivity index (χ2n) is 7.13. The molecule has 4 heterocycles. The van der Waals surface area contributed by atoms with E-state index in [4.69, 9.17) is 0 Å². The average molecular weight is 367 g/mol. The van der Waals surface area contributed by atoms with E-state index in [1.165, 1.54) is 16.6 Å². The summed E-state index contributed by atoms with van der Waals surface area (Å²) in [6.07, 6.45) is 3.28. The van der Waals surface area contributed by atoms with Crippen LogP contribution in [0.25, 0.3) is 0 Å². The summed E-state index contributed by atoms with van der Waals surface area (Å²) in [5.74, 6) is 0.193. The van der Waals surface area contributed by atoms with Gasteiger partial charge in [-0.05, 0) is 31.7 Å². The van der Waals surface area contributed by atoms with Crippen molar-refractivity contribution in [2.24, 2.45) is 5.92 Å². The fraction of sp³-hybridized carbons (Fsp3) is 0.647. The molecule has 3 fully saturated rings. The van der Waals surface area contributed by atoms with E-state index >= 15 is 0 Å². The Hall–Kier alpha value is -1.67. The number of rotatable bonds is 4. The SMILES string of the molecule is Cc1cccc(=O)n1CCC(=O)N1C[C@H]2CC[C@@H]1CN(S(C)(=O)=O)C2. The first-order valence-corrected chi connectivity index (χ1v) is 10.5. The fourth-order valence-electron chi connectivity index (χ4n) is 3.88. The molecule has 25 heavy (non-hydrogen) atoms. The highest BCUT2D eigenvalue weighted by Crippen LogP contribution is 2.29. The topological polar surface area (TPSA) is 79.7 Å². The zero-order valence-corrected chi connectivity index (χ0v) is 15.5. The summed E-state index contributed by atoms with van der Waals surface area (Å²) in [4.78, 5) is 26.5. The van der Waals surface area contributed by atoms with Crippen molar-refractivity contribution >= 4 is 15.9 Å². The van der Waals surface area contributed by atoms with Gasteiger partial charge >= 0.3 is 0 Å². The number of pyridine rings is 1. The summed E-state index contributed by atoms with van der Waals surface area (Å²) in [6, 6.07) is 5.00. The molecule has 138 valence electrons. The van der Waals surface area contributed by atoms with Crippen LogP contribution >= 0.6 is 0 Å². The van der Waals surface area contributed by atoms with Gasteiger partial charge in [-0.25, -0.2) is 8.42 Å². The van der Waals surface area contributed by atoms with Crippen LogP contribution in [0.3, 0.4) is 0 Å². The quantitative estimate of drug-likeness (QED) is 0.773. The van der Waals surface area contributed by atoms with Crippen LogP contribution < -0.4 is 5.56 Å². The zero-order valence-electron chi connectivity index (χ0n) is 14.7. The molecule has 8 heteroatoms. The summed E-state index contributed by atoms with van der Waals surface area (Å²) >= 11 is 0. The lowest BCUT2D eigenvalue weighted by atomic mass is 9.95. The third kappa shape index (κ3) is 3.95. The van der Waals surface area contributed by atoms with Crippen molar-refractivity contribution in [1.29, 1.82) is 0 Å². The monoisotopic (exact) mass is 367 g/mol. The molecule has 7 nitrogen and oxygen atoms in total. The second kappa shape index (κ2) is 6.92. The van der Waals surface area contributed by atoms with Gasteiger partial charge in [0.1, 0.15) is 0 Å². The minimum absolute atomic E-state index is 0.000189. The van der Waals surface area contributed by atoms with Gasteiger partial charge < -0.3 is 9.47 Å². The maximum Gasteiger partial charge on any atom is 0.250 e. The maximum atomic E-state index is 12.7. The molecule has 2 atom stereocenters. The standard InChI is InChI=1S/C17H25N3O4S/c1-13-4-3-5-16(21)19(13)9-8-17(22)20-11-14-6-7-15(20)12-18(10-14)25(2,23)24/h3-5,14-15H,6-12H2,1-2H3/t14-,15+/m0/s1. The van der Waals surface area contributed by atoms with Gasteiger partial charge in [0.05, 0.1) is 6.26 Å². The number of nitrogens with zero attached hydrogens (tertiary/aromatic N) is 3. The first kappa shape index (κ1) is 18.1. The Morgan fingerprint density at radius 1 is 1.20 bits per heavy atom. The highest BCUT2D eigenvalue weighted by Gasteiger charge is 2.39. The first-order valence-electron chi connectivity index (χ1n) is 8.67. The zero-order chi connectivity index (χ0) is 18.2. The number of fused-ring (bicyclic) bond motifs is 4. The lowest BCUT2D eigenvalue weighted by molar-refractivity contribution is -0.135. The van der Waals surface area contributed by atoms with Crippen molar-refractivity contribution in [1.82, 2.24) is 13.8 Å². The molecular weight excluding hydrogens is 342 g/mol. The normalized spacial score (nSPS) is 24.3. The van der Waals surface area contributed by atoms with Crippen LogP contribution in [-0.4, -0.2) is 60.0 Å². The van der Waals surface area contributed by atoms with Gasteiger partial charge in [0.25, 0.3) is 5.56 Å². The van der Waals surface area contributed by atoms with Gasteiger partial charge in [0, 0.05) is 50.4 Å². The Balaban J connectivity index is 1.70. The van der Waals surface area contributed by atoms with Crippen LogP contribution in [0.2, 0.25) is 0 Å². The van der Waals surface area contributed by atoms with E-state index < -0.39 is 10.0 Å². The molecular formula is C17H25N3O4S. The smallest absolute Gasteiger partial charge is 0.250 e. The summed E-state index contributed by atoms with van der Waals surface area (Å²) in [6.45, 7) is 3.69. The minimum atomic E-state index is -3.24. The molecule has 0 unspecified atom stereocenters. The predicted molar refractivity (Wildman–Crippen MR) is 94.7 cm³/mol. The molecule has 0 spiro atoms. The van der Waals surface area contributed by atoms with Gasteiger partial charge in [0.15, 0.2) is 0 Å². The summed E-state index contributed by atoms with van der Waals surface area (Å²) in [5.41, 5.74) is 0.731. The van der Waals surface area contributed by atoms with Crippen LogP contribution in [0.5, 0.6) is 0 Å². The Morgan fingerprint density at radius 2 is 1.96 bits per heavy atom. The number of aromatic nitrogens is 1. The van der Waals surface area contributed by atoms with Crippen LogP contribution in [0.4, 0.5) is 0 Å². The third-order valence-electron chi connectivity index (χ3n) is 5.29. The molecule has 4 rings (SSSR count). The average Bonchev–Trinajstić information content (AvgIpc) is 2.86. The number of amides is 1. The third-order valence-corrected chi connectivity index (χ3v) is 6.52. The Morgan fingerprint density at radius 3 is 2.64 bits per heavy atom. The summed E-state index contributed by atoms with van der Waals surface area (Å²) < 4.78 is 26.9. The largest absolute Gasteiger partial charge is 0.338 e. The number of aryl methyl sites for hydroxylation is 1. The number of piperidine rings is 1. The molecule has 3 aliphatic heterocycles. The van der Waals surface area contributed by atoms with Crippen molar-refractivity contribution < 1.29 is 13.2 Å². The Kier molecular flexibility index (Phi) is 5.02. The van der Waals surface area contributed by atoms with Crippen molar-refractivity contribution in [3.63, 3.8) is 0 Å². The molecule has 1 aromatic rings. The van der Waals surface area contributed by atoms with Crippen molar-refractivity contribution in [3.8, 4) is 0 Å². The van der Waals surface area contributed by atoms with E-state index in [9.17, 15) is 18.0 Å². The molecule has 3 aliphatic rings. The lowest BCUT2D eigenvalue weighted by Crippen LogP contribution is -2.48. The van der Waals surface area contributed by atoms with Crippen LogP contribution in [0.15, 0.2) is 23.0 Å². The molecule has 0 aliphatic carbocycles. The van der Waals surface area contributed by atoms with E-state index in [2.05, 4.69) is 0 Å². The number of hydrogen-bond donors (Lipinski definition) is 0. The number of hydrogen-bond acceptors (Lipinski definition) is 4. The van der Waals surface area contributed by atoms with Gasteiger partial charge in [-0.2, -0.15) is 4.31 Å². The maximum absolute atomic E-state index is 12.7. The molecule has 2 bridgehead atoms. The van der Waals surface area contributed by atoms with E-state index in [-0.39, 0.29) is 29.8 Å². The molecule has 1 amide bonds. The van der Waals surface area contributed by atoms with Crippen molar-refractivity contribution in [2.45, 2.75) is 38.8 Å². The van der Waals surface area contributed by atoms with E-state index in [0.29, 0.717) is 26.2 Å². The van der Waals surface area contributed by atoms with Gasteiger partial charge in [-0.1, -0.05) is 6.07 Å². The molecule has 0 N–H and O–H groups in total. The Labute approximate surface area is 148 Å². The van der Waals surface area contributed by atoms with Crippen LogP contribution in [0.1, 0.15) is 25.0 Å². The number of carbonyl (C=O) groups excluding carboxylic acids is 1. The fourth-order valence-corrected chi connectivity index (χ4v) is 4.80. The van der Waals surface area contributed by atoms with Gasteiger partial charge in [0.2, 0.25) is 15.9 Å². The predicted octanol–water partition coefficient (Wildman–Crippen LogP) is 0.429. The van der Waals surface area contributed by atoms with Crippen molar-refractivity contribution in [3.05, 3.63) is 34.2 Å². The van der Waals surface area contributed by atoms with E-state index in [1.54, 1.807) is 10.6 Å². The summed E-state index contributed by atoms with van der Waals surface area (Å²) in [5, 5.41) is 0. The highest BCUT2D eigenvalue weighted by atomic mass is 32.2. The summed E-state index contributed by atoms with van der Waals surface area (Å²) in [7, 11) is -3.24. The molecule has 0 radical (unpaired) electrons. The molecule has 0 aromatic carbocycles. The lowest BCUT2D eigenvalue weighted by Gasteiger charge is -2.36. The first-order chi connectivity index (χ1) is 11.8. The van der Waals surface area contributed by atoms with Gasteiger partial charge in [-0.15, -0.1) is 0 Å². The van der Waals surface area contributed by atoms with Crippen LogP contribution in [-0.2, 0) is 21.4 Å². The van der Waals surface area contributed by atoms with Crippen LogP contribution in [0, 0.1) is 12.8 Å². The number of carbonyl (C=O) groups is 1. The van der Waals surface area contributed by atoms with Crippen molar-refractivity contribution in [2.75, 3.05) is 25.9 Å². The molecule has 3 saturated heterocycles. The molecule has 1 aromatic heterocycles. The highest BCUT2D eigenvalue weighted by molar-refractivity contribution is 7.88. The van der Waals surface area contributed by atoms with Gasteiger partial charge in [-0.3, -0.25) is 9.59 Å². The number of sulfonamides is 1. The Bertz CT molecular complexity index is 817. The molecule has 0 saturated carbocycles. The van der Waals surface area contributed by atoms with E-state index in [0.717, 1.165) is 18.5 Å². The minimum Gasteiger partial charge on any atom is -0.338 e. The van der Waals surface area contributed by atoms with E-state index in [1.807, 2.05) is 17.9 Å². The second-order valence-corrected chi connectivity index (χ2v) is 9.11.